The average Bonchev–Trinajstić information content (AvgIpc) is 2.77. The van der Waals surface area contributed by atoms with Crippen molar-refractivity contribution >= 4 is 0 Å². The molecule has 0 radical (unpaired) electrons. The summed E-state index contributed by atoms with van der Waals surface area (Å²) in [7, 11) is 4.36. The second kappa shape index (κ2) is 18.7. The van der Waals surface area contributed by atoms with E-state index >= 15 is 0 Å². The van der Waals surface area contributed by atoms with Crippen molar-refractivity contribution in [1.29, 1.82) is 0 Å². The summed E-state index contributed by atoms with van der Waals surface area (Å²) in [6.07, 6.45) is 24.1. The lowest BCUT2D eigenvalue weighted by molar-refractivity contribution is -0.937. The fourth-order valence-corrected chi connectivity index (χ4v) is 4.51. The van der Waals surface area contributed by atoms with Crippen LogP contribution in [0.5, 0.6) is 0 Å². The van der Waals surface area contributed by atoms with E-state index in [9.17, 15) is 5.11 Å². The van der Waals surface area contributed by atoms with Crippen LogP contribution in [0, 0.1) is 0 Å². The van der Waals surface area contributed by atoms with Crippen molar-refractivity contribution in [2.45, 2.75) is 129 Å². The summed E-state index contributed by atoms with van der Waals surface area (Å²) in [6, 6.07) is 10.5. The third-order valence-electron chi connectivity index (χ3n) is 6.93. The molecule has 0 saturated heterocycles. The molecule has 0 aliphatic rings. The quantitative estimate of drug-likeness (QED) is 0.118. The van der Waals surface area contributed by atoms with Crippen LogP contribution in [0.3, 0.4) is 0 Å². The Morgan fingerprint density at radius 3 is 1.52 bits per heavy atom. The Hall–Kier alpha value is -0.860. The molecule has 0 spiro atoms. The summed E-state index contributed by atoms with van der Waals surface area (Å²) in [4.78, 5) is 0. The van der Waals surface area contributed by atoms with Gasteiger partial charge in [0.05, 0.1) is 20.6 Å². The molecule has 0 aliphatic carbocycles. The van der Waals surface area contributed by atoms with Gasteiger partial charge in [-0.15, -0.1) is 0 Å². The topological polar surface area (TPSA) is 20.2 Å². The summed E-state index contributed by atoms with van der Waals surface area (Å²) in [6.45, 7) is 3.37. The van der Waals surface area contributed by atoms with Crippen molar-refractivity contribution in [2.75, 3.05) is 20.6 Å². The van der Waals surface area contributed by atoms with Gasteiger partial charge >= 0.3 is 0 Å². The van der Waals surface area contributed by atoms with Crippen LogP contribution in [0.15, 0.2) is 30.3 Å². The Morgan fingerprint density at radius 1 is 0.645 bits per heavy atom. The molecule has 2 heteroatoms. The second-order valence-electron chi connectivity index (χ2n) is 10.3. The van der Waals surface area contributed by atoms with Crippen LogP contribution < -0.4 is 0 Å². The van der Waals surface area contributed by atoms with Gasteiger partial charge in [-0.25, -0.2) is 0 Å². The predicted octanol–water partition coefficient (Wildman–Crippen LogP) is 8.28. The first-order chi connectivity index (χ1) is 15.1. The van der Waals surface area contributed by atoms with Gasteiger partial charge in [0.15, 0.2) is 6.23 Å². The van der Waals surface area contributed by atoms with E-state index in [4.69, 9.17) is 0 Å². The first-order valence-corrected chi connectivity index (χ1v) is 13.6. The number of aliphatic hydroxyl groups is 1. The molecule has 0 saturated carbocycles. The molecule has 1 N–H and O–H groups in total. The highest BCUT2D eigenvalue weighted by molar-refractivity contribution is 5.14. The van der Waals surface area contributed by atoms with Crippen molar-refractivity contribution in [1.82, 2.24) is 0 Å². The average molecular weight is 433 g/mol. The van der Waals surface area contributed by atoms with E-state index in [0.717, 1.165) is 23.9 Å². The largest absolute Gasteiger partial charge is 0.345 e. The van der Waals surface area contributed by atoms with Crippen molar-refractivity contribution in [2.24, 2.45) is 0 Å². The summed E-state index contributed by atoms with van der Waals surface area (Å²) in [5.74, 6) is 0. The smallest absolute Gasteiger partial charge is 0.190 e. The van der Waals surface area contributed by atoms with Crippen molar-refractivity contribution < 1.29 is 9.59 Å². The minimum atomic E-state index is -0.267. The number of quaternary nitrogens is 1. The molecular formula is C29H54NO+. The second-order valence-corrected chi connectivity index (χ2v) is 10.3. The number of aryl methyl sites for hydroxylation is 1. The minimum absolute atomic E-state index is 0.267. The highest BCUT2D eigenvalue weighted by Gasteiger charge is 2.24. The number of rotatable bonds is 21. The maximum absolute atomic E-state index is 10.6. The Labute approximate surface area is 195 Å². The summed E-state index contributed by atoms with van der Waals surface area (Å²) in [5, 5.41) is 10.6. The highest BCUT2D eigenvalue weighted by Crippen LogP contribution is 2.16. The fourth-order valence-electron chi connectivity index (χ4n) is 4.51. The van der Waals surface area contributed by atoms with Gasteiger partial charge < -0.3 is 9.59 Å². The van der Waals surface area contributed by atoms with Crippen molar-refractivity contribution in [3.8, 4) is 0 Å². The van der Waals surface area contributed by atoms with Crippen LogP contribution in [0.4, 0.5) is 0 Å². The number of nitrogens with zero attached hydrogens (tertiary/aromatic N) is 1. The SMILES string of the molecule is CCCCCCCCCCCCCCCCCC[N+](C)(C)[C@@H](O)CCc1ccccc1. The van der Waals surface area contributed by atoms with Crippen LogP contribution in [0.25, 0.3) is 0 Å². The lowest BCUT2D eigenvalue weighted by Crippen LogP contribution is -2.49. The maximum atomic E-state index is 10.6. The molecule has 180 valence electrons. The molecule has 0 aromatic heterocycles. The molecular weight excluding hydrogens is 378 g/mol. The van der Waals surface area contributed by atoms with Gasteiger partial charge in [0.1, 0.15) is 0 Å². The van der Waals surface area contributed by atoms with Crippen LogP contribution in [0.1, 0.15) is 122 Å². The number of aliphatic hydroxyl groups excluding tert-OH is 1. The van der Waals surface area contributed by atoms with E-state index < -0.39 is 0 Å². The summed E-state index contributed by atoms with van der Waals surface area (Å²) in [5.41, 5.74) is 1.32. The van der Waals surface area contributed by atoms with E-state index in [-0.39, 0.29) is 6.23 Å². The van der Waals surface area contributed by atoms with Gasteiger partial charge in [0, 0.05) is 6.42 Å². The molecule has 1 atom stereocenters. The Bertz CT molecular complexity index is 499. The first kappa shape index (κ1) is 28.2. The third-order valence-corrected chi connectivity index (χ3v) is 6.93. The van der Waals surface area contributed by atoms with E-state index in [0.29, 0.717) is 0 Å². The Morgan fingerprint density at radius 2 is 1.06 bits per heavy atom. The monoisotopic (exact) mass is 432 g/mol. The zero-order valence-electron chi connectivity index (χ0n) is 21.3. The van der Waals surface area contributed by atoms with Gasteiger partial charge in [-0.05, 0) is 24.8 Å². The van der Waals surface area contributed by atoms with Crippen molar-refractivity contribution in [3.05, 3.63) is 35.9 Å². The zero-order valence-corrected chi connectivity index (χ0v) is 21.3. The van der Waals surface area contributed by atoms with E-state index in [1.54, 1.807) is 0 Å². The molecule has 2 nitrogen and oxygen atoms in total. The van der Waals surface area contributed by atoms with Gasteiger partial charge in [-0.3, -0.25) is 0 Å². The minimum Gasteiger partial charge on any atom is -0.345 e. The lowest BCUT2D eigenvalue weighted by atomic mass is 10.0. The molecule has 1 aromatic rings. The fraction of sp³-hybridized carbons (Fsp3) is 0.793. The van der Waals surface area contributed by atoms with Crippen molar-refractivity contribution in [3.63, 3.8) is 0 Å². The highest BCUT2D eigenvalue weighted by atomic mass is 16.3. The number of hydrogen-bond acceptors (Lipinski definition) is 1. The lowest BCUT2D eigenvalue weighted by Gasteiger charge is -2.35. The van der Waals surface area contributed by atoms with Gasteiger partial charge in [-0.1, -0.05) is 127 Å². The van der Waals surface area contributed by atoms with Crippen LogP contribution in [-0.2, 0) is 6.42 Å². The van der Waals surface area contributed by atoms with Gasteiger partial charge in [0.2, 0.25) is 0 Å². The molecule has 0 heterocycles. The van der Waals surface area contributed by atoms with E-state index in [1.807, 2.05) is 0 Å². The Balaban J connectivity index is 1.89. The molecule has 0 bridgehead atoms. The van der Waals surface area contributed by atoms with E-state index in [1.165, 1.54) is 108 Å². The summed E-state index contributed by atoms with van der Waals surface area (Å²) >= 11 is 0. The third kappa shape index (κ3) is 15.6. The standard InChI is InChI=1S/C29H54NO/c1-4-5-6-7-8-9-10-11-12-13-14-15-16-17-18-22-27-30(2,3)29(31)26-25-28-23-20-19-21-24-28/h19-21,23-24,29,31H,4-18,22,25-27H2,1-3H3/q+1/t29-/m0/s1. The number of unbranched alkanes of at least 4 members (excludes halogenated alkanes) is 15. The van der Waals surface area contributed by atoms with E-state index in [2.05, 4.69) is 51.4 Å². The van der Waals surface area contributed by atoms with Crippen LogP contribution in [-0.4, -0.2) is 36.5 Å². The number of benzene rings is 1. The molecule has 0 fully saturated rings. The maximum Gasteiger partial charge on any atom is 0.190 e. The van der Waals surface area contributed by atoms with Gasteiger partial charge in [0.25, 0.3) is 0 Å². The Kier molecular flexibility index (Phi) is 17.0. The summed E-state index contributed by atoms with van der Waals surface area (Å²) < 4.78 is 0.728. The number of hydrogen-bond donors (Lipinski definition) is 1. The van der Waals surface area contributed by atoms with Crippen LogP contribution in [0.2, 0.25) is 0 Å². The molecule has 1 rings (SSSR count). The normalized spacial score (nSPS) is 12.9. The molecule has 0 aliphatic heterocycles. The molecule has 0 amide bonds. The zero-order chi connectivity index (χ0) is 22.6. The molecule has 31 heavy (non-hydrogen) atoms. The first-order valence-electron chi connectivity index (χ1n) is 13.6. The molecule has 1 aromatic carbocycles. The predicted molar refractivity (Wildman–Crippen MR) is 137 cm³/mol. The molecule has 0 unspecified atom stereocenters. The van der Waals surface area contributed by atoms with Gasteiger partial charge in [-0.2, -0.15) is 0 Å². The van der Waals surface area contributed by atoms with Crippen LogP contribution >= 0.6 is 0 Å².